The maximum Gasteiger partial charge on any atom is 0.242 e. The van der Waals surface area contributed by atoms with Crippen molar-refractivity contribution < 1.29 is 9.59 Å². The Bertz CT molecular complexity index is 827. The smallest absolute Gasteiger partial charge is 0.242 e. The van der Waals surface area contributed by atoms with Crippen molar-refractivity contribution in [1.29, 1.82) is 0 Å². The van der Waals surface area contributed by atoms with Gasteiger partial charge in [0.05, 0.1) is 12.6 Å². The standard InChI is InChI=1S/C22H28N2O2S/c1-5-23(22(26)15(2)3)14-20(25)24-12-10-19-18(11-13-27-19)21(24)17-9-7-6-8-16(17)4/h6-9,11,13,15,21H,5,10,12,14H2,1-4H3/t21-/m0/s1. The second-order valence-electron chi connectivity index (χ2n) is 7.40. The highest BCUT2D eigenvalue weighted by molar-refractivity contribution is 7.10. The van der Waals surface area contributed by atoms with Crippen LogP contribution in [-0.2, 0) is 16.0 Å². The molecule has 0 fully saturated rings. The summed E-state index contributed by atoms with van der Waals surface area (Å²) in [6.07, 6.45) is 0.880. The van der Waals surface area contributed by atoms with Crippen molar-refractivity contribution in [1.82, 2.24) is 9.80 Å². The van der Waals surface area contributed by atoms with Gasteiger partial charge < -0.3 is 9.80 Å². The number of carbonyl (C=O) groups excluding carboxylic acids is 2. The lowest BCUT2D eigenvalue weighted by Crippen LogP contribution is -2.47. The molecule has 0 bridgehead atoms. The number of hydrogen-bond donors (Lipinski definition) is 0. The molecule has 1 atom stereocenters. The highest BCUT2D eigenvalue weighted by atomic mass is 32.1. The number of thiophene rings is 1. The molecular formula is C22H28N2O2S. The third-order valence-electron chi connectivity index (χ3n) is 5.28. The molecule has 2 amide bonds. The Hall–Kier alpha value is -2.14. The van der Waals surface area contributed by atoms with E-state index in [-0.39, 0.29) is 30.3 Å². The average molecular weight is 385 g/mol. The van der Waals surface area contributed by atoms with E-state index in [0.29, 0.717) is 13.1 Å². The van der Waals surface area contributed by atoms with Crippen LogP contribution >= 0.6 is 11.3 Å². The molecule has 144 valence electrons. The number of carbonyl (C=O) groups is 2. The van der Waals surface area contributed by atoms with Crippen molar-refractivity contribution in [3.63, 3.8) is 0 Å². The van der Waals surface area contributed by atoms with Crippen molar-refractivity contribution in [2.24, 2.45) is 5.92 Å². The number of fused-ring (bicyclic) bond motifs is 1. The quantitative estimate of drug-likeness (QED) is 0.781. The van der Waals surface area contributed by atoms with Gasteiger partial charge in [0.2, 0.25) is 11.8 Å². The van der Waals surface area contributed by atoms with Gasteiger partial charge in [-0.05, 0) is 48.4 Å². The molecule has 0 saturated carbocycles. The van der Waals surface area contributed by atoms with E-state index in [2.05, 4.69) is 30.5 Å². The zero-order valence-electron chi connectivity index (χ0n) is 16.6. The Kier molecular flexibility index (Phi) is 6.00. The van der Waals surface area contributed by atoms with E-state index in [9.17, 15) is 9.59 Å². The second-order valence-corrected chi connectivity index (χ2v) is 8.40. The van der Waals surface area contributed by atoms with Crippen molar-refractivity contribution in [3.05, 3.63) is 57.3 Å². The molecule has 2 aromatic rings. The van der Waals surface area contributed by atoms with Gasteiger partial charge >= 0.3 is 0 Å². The van der Waals surface area contributed by atoms with E-state index < -0.39 is 0 Å². The summed E-state index contributed by atoms with van der Waals surface area (Å²) in [6, 6.07) is 10.4. The van der Waals surface area contributed by atoms with E-state index in [1.165, 1.54) is 21.6 Å². The molecule has 1 aromatic carbocycles. The number of amides is 2. The first-order valence-electron chi connectivity index (χ1n) is 9.64. The molecule has 0 aliphatic carbocycles. The van der Waals surface area contributed by atoms with Gasteiger partial charge in [0.1, 0.15) is 0 Å². The Morgan fingerprint density at radius 3 is 2.63 bits per heavy atom. The minimum Gasteiger partial charge on any atom is -0.333 e. The fourth-order valence-electron chi connectivity index (χ4n) is 3.78. The van der Waals surface area contributed by atoms with Crippen molar-refractivity contribution in [3.8, 4) is 0 Å². The maximum absolute atomic E-state index is 13.3. The molecule has 0 spiro atoms. The molecule has 1 aliphatic rings. The molecule has 0 N–H and O–H groups in total. The van der Waals surface area contributed by atoms with Crippen LogP contribution < -0.4 is 0 Å². The topological polar surface area (TPSA) is 40.6 Å². The fourth-order valence-corrected chi connectivity index (χ4v) is 4.68. The van der Waals surface area contributed by atoms with Crippen LogP contribution in [0.3, 0.4) is 0 Å². The van der Waals surface area contributed by atoms with Gasteiger partial charge in [-0.2, -0.15) is 0 Å². The summed E-state index contributed by atoms with van der Waals surface area (Å²) in [5, 5.41) is 2.12. The van der Waals surface area contributed by atoms with E-state index in [1.807, 2.05) is 37.8 Å². The highest BCUT2D eigenvalue weighted by Gasteiger charge is 2.34. The molecule has 0 saturated heterocycles. The number of benzene rings is 1. The molecule has 1 aromatic heterocycles. The predicted molar refractivity (Wildman–Crippen MR) is 110 cm³/mol. The maximum atomic E-state index is 13.3. The number of hydrogen-bond acceptors (Lipinski definition) is 3. The number of rotatable bonds is 5. The molecule has 0 radical (unpaired) electrons. The third-order valence-corrected chi connectivity index (χ3v) is 6.28. The van der Waals surface area contributed by atoms with Crippen LogP contribution in [0.15, 0.2) is 35.7 Å². The van der Waals surface area contributed by atoms with Gasteiger partial charge in [0.25, 0.3) is 0 Å². The summed E-state index contributed by atoms with van der Waals surface area (Å²) in [4.78, 5) is 30.7. The zero-order valence-corrected chi connectivity index (χ0v) is 17.4. The molecule has 27 heavy (non-hydrogen) atoms. The van der Waals surface area contributed by atoms with Crippen molar-refractivity contribution >= 4 is 23.2 Å². The Labute approximate surface area is 165 Å². The Balaban J connectivity index is 1.92. The number of aryl methyl sites for hydroxylation is 1. The van der Waals surface area contributed by atoms with Crippen LogP contribution in [0, 0.1) is 12.8 Å². The van der Waals surface area contributed by atoms with Gasteiger partial charge in [0.15, 0.2) is 0 Å². The van der Waals surface area contributed by atoms with Gasteiger partial charge in [-0.3, -0.25) is 9.59 Å². The lowest BCUT2D eigenvalue weighted by Gasteiger charge is -2.38. The normalized spacial score (nSPS) is 16.3. The number of nitrogens with zero attached hydrogens (tertiary/aromatic N) is 2. The fraction of sp³-hybridized carbons (Fsp3) is 0.455. The lowest BCUT2D eigenvalue weighted by atomic mass is 9.90. The minimum absolute atomic E-state index is 0.0240. The molecule has 0 unspecified atom stereocenters. The first-order valence-corrected chi connectivity index (χ1v) is 10.5. The van der Waals surface area contributed by atoms with Crippen LogP contribution in [0.1, 0.15) is 48.4 Å². The van der Waals surface area contributed by atoms with E-state index in [1.54, 1.807) is 16.2 Å². The highest BCUT2D eigenvalue weighted by Crippen LogP contribution is 2.38. The lowest BCUT2D eigenvalue weighted by molar-refractivity contribution is -0.143. The van der Waals surface area contributed by atoms with Gasteiger partial charge in [0, 0.05) is 23.9 Å². The van der Waals surface area contributed by atoms with E-state index >= 15 is 0 Å². The van der Waals surface area contributed by atoms with Gasteiger partial charge in [-0.1, -0.05) is 38.1 Å². The van der Waals surface area contributed by atoms with Gasteiger partial charge in [-0.25, -0.2) is 0 Å². The Morgan fingerprint density at radius 1 is 1.22 bits per heavy atom. The van der Waals surface area contributed by atoms with Crippen molar-refractivity contribution in [2.45, 2.75) is 40.2 Å². The first-order chi connectivity index (χ1) is 12.9. The summed E-state index contributed by atoms with van der Waals surface area (Å²) in [5.41, 5.74) is 3.58. The average Bonchev–Trinajstić information content (AvgIpc) is 3.14. The molecule has 1 aliphatic heterocycles. The first kappa shape index (κ1) is 19.6. The molecule has 5 heteroatoms. The number of likely N-dealkylation sites (N-methyl/N-ethyl adjacent to an activating group) is 1. The molecule has 2 heterocycles. The van der Waals surface area contributed by atoms with Crippen LogP contribution in [0.25, 0.3) is 0 Å². The van der Waals surface area contributed by atoms with Crippen LogP contribution in [0.4, 0.5) is 0 Å². The second kappa shape index (κ2) is 8.26. The summed E-state index contributed by atoms with van der Waals surface area (Å²) in [7, 11) is 0. The van der Waals surface area contributed by atoms with Gasteiger partial charge in [-0.15, -0.1) is 11.3 Å². The third kappa shape index (κ3) is 3.93. The monoisotopic (exact) mass is 384 g/mol. The van der Waals surface area contributed by atoms with E-state index in [0.717, 1.165) is 6.42 Å². The summed E-state index contributed by atoms with van der Waals surface area (Å²) < 4.78 is 0. The van der Waals surface area contributed by atoms with Crippen LogP contribution in [0.2, 0.25) is 0 Å². The van der Waals surface area contributed by atoms with Crippen molar-refractivity contribution in [2.75, 3.05) is 19.6 Å². The molecule has 3 rings (SSSR count). The summed E-state index contributed by atoms with van der Waals surface area (Å²) in [6.45, 7) is 9.18. The Morgan fingerprint density at radius 2 is 1.96 bits per heavy atom. The van der Waals surface area contributed by atoms with Crippen LogP contribution in [0.5, 0.6) is 0 Å². The molecular weight excluding hydrogens is 356 g/mol. The summed E-state index contributed by atoms with van der Waals surface area (Å²) >= 11 is 1.77. The summed E-state index contributed by atoms with van der Waals surface area (Å²) in [5.74, 6) is -0.0442. The minimum atomic E-state index is -0.102. The van der Waals surface area contributed by atoms with Crippen LogP contribution in [-0.4, -0.2) is 41.2 Å². The SMILES string of the molecule is CCN(CC(=O)N1CCc2sccc2[C@@H]1c1ccccc1C)C(=O)C(C)C. The predicted octanol–water partition coefficient (Wildman–Crippen LogP) is 4.04. The largest absolute Gasteiger partial charge is 0.333 e. The zero-order chi connectivity index (χ0) is 19.6. The van der Waals surface area contributed by atoms with E-state index in [4.69, 9.17) is 0 Å². The molecule has 4 nitrogen and oxygen atoms in total.